The number of aromatic carboxylic acids is 1. The van der Waals surface area contributed by atoms with Crippen LogP contribution in [0, 0.1) is 14.9 Å². The summed E-state index contributed by atoms with van der Waals surface area (Å²) in [6, 6.07) is 4.88. The van der Waals surface area contributed by atoms with Gasteiger partial charge in [-0.25, -0.2) is 4.79 Å². The van der Waals surface area contributed by atoms with Gasteiger partial charge in [-0.1, -0.05) is 0 Å². The van der Waals surface area contributed by atoms with Crippen LogP contribution in [0.4, 0.5) is 0 Å². The molecule has 0 atom stereocenters. The fourth-order valence-electron chi connectivity index (χ4n) is 0.801. The largest absolute Gasteiger partial charge is 0.478 e. The molecule has 0 fully saturated rings. The minimum atomic E-state index is -1.01. The molecule has 0 bridgehead atoms. The Kier molecular flexibility index (Phi) is 3.27. The van der Waals surface area contributed by atoms with Gasteiger partial charge >= 0.3 is 5.97 Å². The van der Waals surface area contributed by atoms with Gasteiger partial charge in [-0.15, -0.1) is 0 Å². The first-order valence-corrected chi connectivity index (χ1v) is 5.06. The first-order valence-electron chi connectivity index (χ1n) is 3.19. The van der Waals surface area contributed by atoms with E-state index in [1.165, 1.54) is 12.1 Å². The van der Waals surface area contributed by atoms with Crippen molar-refractivity contribution in [3.63, 3.8) is 0 Å². The van der Waals surface area contributed by atoms with Crippen LogP contribution in [-0.4, -0.2) is 11.1 Å². The highest BCUT2D eigenvalue weighted by Crippen LogP contribution is 2.26. The maximum atomic E-state index is 10.7. The molecular formula is C8H3BrINO2. The van der Waals surface area contributed by atoms with E-state index in [4.69, 9.17) is 10.4 Å². The second-order valence-corrected chi connectivity index (χ2v) is 4.08. The molecule has 1 aromatic rings. The molecule has 0 aliphatic carbocycles. The van der Waals surface area contributed by atoms with Gasteiger partial charge < -0.3 is 5.11 Å². The van der Waals surface area contributed by atoms with E-state index < -0.39 is 5.97 Å². The lowest BCUT2D eigenvalue weighted by Crippen LogP contribution is -1.99. The van der Waals surface area contributed by atoms with Crippen LogP contribution in [0.15, 0.2) is 16.6 Å². The minimum Gasteiger partial charge on any atom is -0.478 e. The SMILES string of the molecule is N#Cc1ccc(C(=O)O)c(Br)c1I. The maximum Gasteiger partial charge on any atom is 0.336 e. The molecule has 1 aromatic carbocycles. The van der Waals surface area contributed by atoms with E-state index in [9.17, 15) is 4.79 Å². The van der Waals surface area contributed by atoms with Crippen LogP contribution in [0.1, 0.15) is 15.9 Å². The molecule has 0 heterocycles. The van der Waals surface area contributed by atoms with Gasteiger partial charge in [0.1, 0.15) is 6.07 Å². The summed E-state index contributed by atoms with van der Waals surface area (Å²) in [5, 5.41) is 17.4. The van der Waals surface area contributed by atoms with Crippen molar-refractivity contribution in [1.29, 1.82) is 5.26 Å². The van der Waals surface area contributed by atoms with E-state index in [-0.39, 0.29) is 5.56 Å². The van der Waals surface area contributed by atoms with Crippen molar-refractivity contribution in [3.8, 4) is 6.07 Å². The van der Waals surface area contributed by atoms with Gasteiger partial charge in [0.15, 0.2) is 0 Å². The summed E-state index contributed by atoms with van der Waals surface area (Å²) >= 11 is 5.06. The third-order valence-corrected chi connectivity index (χ3v) is 4.12. The van der Waals surface area contributed by atoms with Crippen LogP contribution in [0.3, 0.4) is 0 Å². The van der Waals surface area contributed by atoms with Gasteiger partial charge in [-0.3, -0.25) is 0 Å². The van der Waals surface area contributed by atoms with Gasteiger partial charge in [-0.2, -0.15) is 5.26 Å². The second kappa shape index (κ2) is 4.07. The van der Waals surface area contributed by atoms with Gasteiger partial charge in [0.25, 0.3) is 0 Å². The molecule has 0 amide bonds. The minimum absolute atomic E-state index is 0.170. The van der Waals surface area contributed by atoms with Crippen LogP contribution in [-0.2, 0) is 0 Å². The summed E-state index contributed by atoms with van der Waals surface area (Å²) in [5.74, 6) is -1.01. The van der Waals surface area contributed by atoms with Crippen LogP contribution < -0.4 is 0 Å². The predicted octanol–water partition coefficient (Wildman–Crippen LogP) is 2.62. The molecule has 0 saturated carbocycles. The quantitative estimate of drug-likeness (QED) is 0.791. The Balaban J connectivity index is 3.42. The average molecular weight is 352 g/mol. The fourth-order valence-corrected chi connectivity index (χ4v) is 1.91. The molecule has 0 unspecified atom stereocenters. The fraction of sp³-hybridized carbons (Fsp3) is 0. The summed E-state index contributed by atoms with van der Waals surface area (Å²) in [6.45, 7) is 0. The number of rotatable bonds is 1. The molecule has 0 spiro atoms. The Labute approximate surface area is 96.6 Å². The van der Waals surface area contributed by atoms with E-state index in [1.54, 1.807) is 0 Å². The number of carboxylic acids is 1. The summed E-state index contributed by atoms with van der Waals surface area (Å²) in [6.07, 6.45) is 0. The molecule has 0 radical (unpaired) electrons. The van der Waals surface area contributed by atoms with Crippen molar-refractivity contribution in [2.45, 2.75) is 0 Å². The normalized spacial score (nSPS) is 9.31. The molecule has 0 aliphatic heterocycles. The monoisotopic (exact) mass is 351 g/mol. The highest BCUT2D eigenvalue weighted by Gasteiger charge is 2.13. The van der Waals surface area contributed by atoms with E-state index in [0.717, 1.165) is 0 Å². The van der Waals surface area contributed by atoms with Crippen molar-refractivity contribution in [2.24, 2.45) is 0 Å². The molecular weight excluding hydrogens is 349 g/mol. The Morgan fingerprint density at radius 1 is 1.62 bits per heavy atom. The zero-order valence-electron chi connectivity index (χ0n) is 6.21. The number of nitrogens with zero attached hydrogens (tertiary/aromatic N) is 1. The van der Waals surface area contributed by atoms with Crippen molar-refractivity contribution < 1.29 is 9.90 Å². The van der Waals surface area contributed by atoms with Crippen LogP contribution >= 0.6 is 38.5 Å². The van der Waals surface area contributed by atoms with E-state index in [2.05, 4.69) is 15.9 Å². The van der Waals surface area contributed by atoms with E-state index in [0.29, 0.717) is 13.6 Å². The van der Waals surface area contributed by atoms with Crippen molar-refractivity contribution in [1.82, 2.24) is 0 Å². The zero-order valence-corrected chi connectivity index (χ0v) is 9.96. The molecule has 0 saturated heterocycles. The molecule has 3 nitrogen and oxygen atoms in total. The average Bonchev–Trinajstić information content (AvgIpc) is 2.09. The molecule has 0 aliphatic rings. The number of hydrogen-bond donors (Lipinski definition) is 1. The molecule has 1 N–H and O–H groups in total. The topological polar surface area (TPSA) is 61.1 Å². The van der Waals surface area contributed by atoms with Crippen molar-refractivity contribution in [3.05, 3.63) is 31.3 Å². The number of hydrogen-bond acceptors (Lipinski definition) is 2. The molecule has 1 rings (SSSR count). The van der Waals surface area contributed by atoms with Gasteiger partial charge in [0.2, 0.25) is 0 Å². The van der Waals surface area contributed by atoms with E-state index in [1.807, 2.05) is 28.7 Å². The Bertz CT molecular complexity index is 411. The standard InChI is InChI=1S/C8H3BrINO2/c9-6-5(8(12)13)2-1-4(3-11)7(6)10/h1-2H,(H,12,13). The highest BCUT2D eigenvalue weighted by molar-refractivity contribution is 14.1. The number of carboxylic acid groups (broad SMARTS) is 1. The van der Waals surface area contributed by atoms with Gasteiger partial charge in [0, 0.05) is 8.04 Å². The third kappa shape index (κ3) is 2.00. The van der Waals surface area contributed by atoms with E-state index >= 15 is 0 Å². The molecule has 5 heteroatoms. The Hall–Kier alpha value is -0.610. The number of carbonyl (C=O) groups is 1. The lowest BCUT2D eigenvalue weighted by molar-refractivity contribution is 0.0696. The number of nitriles is 1. The predicted molar refractivity (Wildman–Crippen MR) is 58.5 cm³/mol. The number of benzene rings is 1. The summed E-state index contributed by atoms with van der Waals surface area (Å²) in [7, 11) is 0. The summed E-state index contributed by atoms with van der Waals surface area (Å²) < 4.78 is 1.08. The lowest BCUT2D eigenvalue weighted by atomic mass is 10.1. The van der Waals surface area contributed by atoms with Gasteiger partial charge in [-0.05, 0) is 50.7 Å². The lowest BCUT2D eigenvalue weighted by Gasteiger charge is -2.02. The summed E-state index contributed by atoms with van der Waals surface area (Å²) in [4.78, 5) is 10.7. The smallest absolute Gasteiger partial charge is 0.336 e. The Morgan fingerprint density at radius 2 is 2.23 bits per heavy atom. The first-order chi connectivity index (χ1) is 6.07. The Morgan fingerprint density at radius 3 is 2.69 bits per heavy atom. The van der Waals surface area contributed by atoms with Crippen LogP contribution in [0.2, 0.25) is 0 Å². The second-order valence-electron chi connectivity index (χ2n) is 2.21. The van der Waals surface area contributed by atoms with Gasteiger partial charge in [0.05, 0.1) is 11.1 Å². The molecule has 66 valence electrons. The summed E-state index contributed by atoms with van der Waals surface area (Å²) in [5.41, 5.74) is 0.640. The van der Waals surface area contributed by atoms with Crippen LogP contribution in [0.25, 0.3) is 0 Å². The maximum absolute atomic E-state index is 10.7. The zero-order chi connectivity index (χ0) is 10.0. The third-order valence-electron chi connectivity index (χ3n) is 1.43. The highest BCUT2D eigenvalue weighted by atomic mass is 127. The number of halogens is 2. The first kappa shape index (κ1) is 10.5. The molecule has 0 aromatic heterocycles. The van der Waals surface area contributed by atoms with Crippen molar-refractivity contribution >= 4 is 44.5 Å². The van der Waals surface area contributed by atoms with Crippen molar-refractivity contribution in [2.75, 3.05) is 0 Å². The van der Waals surface area contributed by atoms with Crippen LogP contribution in [0.5, 0.6) is 0 Å². The molecule has 13 heavy (non-hydrogen) atoms.